The van der Waals surface area contributed by atoms with Crippen molar-refractivity contribution in [2.24, 2.45) is 0 Å². The van der Waals surface area contributed by atoms with E-state index in [9.17, 15) is 14.7 Å². The summed E-state index contributed by atoms with van der Waals surface area (Å²) in [4.78, 5) is 25.9. The number of carbonyl (C=O) groups excluding carboxylic acids is 2. The summed E-state index contributed by atoms with van der Waals surface area (Å²) in [6.07, 6.45) is 8.05. The lowest BCUT2D eigenvalue weighted by molar-refractivity contribution is -0.253. The number of amides is 2. The number of hydrogen-bond acceptors (Lipinski definition) is 7. The van der Waals surface area contributed by atoms with Gasteiger partial charge in [0.1, 0.15) is 0 Å². The Morgan fingerprint density at radius 2 is 1.45 bits per heavy atom. The Labute approximate surface area is 236 Å². The number of hydrogen-bond donors (Lipinski definition) is 4. The zero-order chi connectivity index (χ0) is 28.2. The lowest BCUT2D eigenvalue weighted by atomic mass is 9.99. The highest BCUT2D eigenvalue weighted by Crippen LogP contribution is 2.38. The molecule has 9 nitrogen and oxygen atoms in total. The van der Waals surface area contributed by atoms with Crippen molar-refractivity contribution in [1.82, 2.24) is 10.4 Å². The minimum Gasteiger partial charge on any atom is -0.392 e. The van der Waals surface area contributed by atoms with E-state index in [2.05, 4.69) is 10.2 Å². The molecular weight excluding hydrogens is 510 g/mol. The van der Waals surface area contributed by atoms with Crippen LogP contribution in [-0.2, 0) is 25.7 Å². The minimum atomic E-state index is -0.529. The van der Waals surface area contributed by atoms with E-state index in [0.717, 1.165) is 42.7 Å². The van der Waals surface area contributed by atoms with Gasteiger partial charge in [-0.3, -0.25) is 14.8 Å². The number of likely N-dealkylation sites (tertiary alicyclic amines) is 1. The van der Waals surface area contributed by atoms with Gasteiger partial charge in [-0.1, -0.05) is 55.7 Å². The van der Waals surface area contributed by atoms with Crippen LogP contribution in [0.15, 0.2) is 48.5 Å². The third kappa shape index (κ3) is 9.38. The number of nitrogens with zero attached hydrogens (tertiary/aromatic N) is 1. The molecule has 218 valence electrons. The van der Waals surface area contributed by atoms with Gasteiger partial charge in [0.05, 0.1) is 18.8 Å². The fourth-order valence-corrected chi connectivity index (χ4v) is 5.39. The van der Waals surface area contributed by atoms with E-state index in [1.165, 1.54) is 32.1 Å². The maximum absolute atomic E-state index is 12.3. The number of unbranched alkanes of at least 4 members (excludes halogenated alkanes) is 1. The first-order chi connectivity index (χ1) is 19.5. The summed E-state index contributed by atoms with van der Waals surface area (Å²) in [5, 5.41) is 20.9. The van der Waals surface area contributed by atoms with Crippen molar-refractivity contribution in [3.63, 3.8) is 0 Å². The molecule has 0 bridgehead atoms. The first-order valence-electron chi connectivity index (χ1n) is 14.6. The maximum atomic E-state index is 12.3. The summed E-state index contributed by atoms with van der Waals surface area (Å²) < 4.78 is 13.0. The third-order valence-corrected chi connectivity index (χ3v) is 7.67. The average Bonchev–Trinajstić information content (AvgIpc) is 2.97. The van der Waals surface area contributed by atoms with Crippen molar-refractivity contribution in [2.45, 2.75) is 89.3 Å². The zero-order valence-corrected chi connectivity index (χ0v) is 23.2. The van der Waals surface area contributed by atoms with Crippen molar-refractivity contribution in [1.29, 1.82) is 0 Å². The largest absolute Gasteiger partial charge is 0.392 e. The third-order valence-electron chi connectivity index (χ3n) is 7.67. The second-order valence-electron chi connectivity index (χ2n) is 10.8. The van der Waals surface area contributed by atoms with Gasteiger partial charge in [0.15, 0.2) is 6.29 Å². The van der Waals surface area contributed by atoms with Crippen LogP contribution < -0.4 is 10.8 Å². The number of anilines is 1. The highest BCUT2D eigenvalue weighted by Gasteiger charge is 2.33. The predicted molar refractivity (Wildman–Crippen MR) is 151 cm³/mol. The van der Waals surface area contributed by atoms with Crippen LogP contribution in [-0.4, -0.2) is 52.8 Å². The molecule has 2 saturated heterocycles. The fraction of sp³-hybridized carbons (Fsp3) is 0.548. The molecule has 2 fully saturated rings. The van der Waals surface area contributed by atoms with Gasteiger partial charge >= 0.3 is 0 Å². The molecule has 4 rings (SSSR count). The highest BCUT2D eigenvalue weighted by atomic mass is 16.7. The molecule has 2 heterocycles. The van der Waals surface area contributed by atoms with Gasteiger partial charge in [-0.15, -0.1) is 0 Å². The molecule has 0 saturated carbocycles. The van der Waals surface area contributed by atoms with Gasteiger partial charge in [0, 0.05) is 37.1 Å². The SMILES string of the molecule is O=C(CCCCC(=O)Nc1ccc(C2OC(CN3CCCCCCC3)CC(c3ccc(CO)cc3)O2)cc1)NO. The lowest BCUT2D eigenvalue weighted by Gasteiger charge is -2.38. The molecule has 2 aromatic carbocycles. The molecule has 0 radical (unpaired) electrons. The van der Waals surface area contributed by atoms with Crippen LogP contribution in [0.5, 0.6) is 0 Å². The summed E-state index contributed by atoms with van der Waals surface area (Å²) in [7, 11) is 0. The van der Waals surface area contributed by atoms with E-state index in [1.807, 2.05) is 48.5 Å². The molecule has 2 aromatic rings. The van der Waals surface area contributed by atoms with Crippen molar-refractivity contribution in [3.05, 3.63) is 65.2 Å². The summed E-state index contributed by atoms with van der Waals surface area (Å²) in [6, 6.07) is 15.5. The van der Waals surface area contributed by atoms with E-state index in [-0.39, 0.29) is 31.1 Å². The van der Waals surface area contributed by atoms with E-state index >= 15 is 0 Å². The average molecular weight is 554 g/mol. The number of aliphatic hydroxyl groups is 1. The zero-order valence-electron chi connectivity index (χ0n) is 23.2. The highest BCUT2D eigenvalue weighted by molar-refractivity contribution is 5.90. The van der Waals surface area contributed by atoms with Crippen LogP contribution >= 0.6 is 0 Å². The molecule has 2 aliphatic rings. The Hall–Kier alpha value is -2.82. The molecule has 2 amide bonds. The Balaban J connectivity index is 1.39. The molecule has 3 atom stereocenters. The smallest absolute Gasteiger partial charge is 0.243 e. The number of rotatable bonds is 11. The summed E-state index contributed by atoms with van der Waals surface area (Å²) in [6.45, 7) is 3.09. The van der Waals surface area contributed by atoms with Gasteiger partial charge in [-0.2, -0.15) is 0 Å². The molecule has 0 aliphatic carbocycles. The minimum absolute atomic E-state index is 0.0128. The van der Waals surface area contributed by atoms with E-state index in [0.29, 0.717) is 24.9 Å². The second kappa shape index (κ2) is 15.8. The number of benzene rings is 2. The number of hydroxylamine groups is 1. The van der Waals surface area contributed by atoms with Crippen molar-refractivity contribution < 1.29 is 29.4 Å². The van der Waals surface area contributed by atoms with E-state index in [1.54, 1.807) is 5.48 Å². The van der Waals surface area contributed by atoms with Crippen LogP contribution in [0, 0.1) is 0 Å². The van der Waals surface area contributed by atoms with Gasteiger partial charge in [0.25, 0.3) is 0 Å². The Morgan fingerprint density at radius 3 is 2.10 bits per heavy atom. The summed E-state index contributed by atoms with van der Waals surface area (Å²) >= 11 is 0. The molecule has 2 aliphatic heterocycles. The fourth-order valence-electron chi connectivity index (χ4n) is 5.39. The lowest BCUT2D eigenvalue weighted by Crippen LogP contribution is -2.40. The molecule has 9 heteroatoms. The second-order valence-corrected chi connectivity index (χ2v) is 10.8. The van der Waals surface area contributed by atoms with Crippen LogP contribution in [0.25, 0.3) is 0 Å². The monoisotopic (exact) mass is 553 g/mol. The first kappa shape index (κ1) is 30.1. The number of aliphatic hydroxyl groups excluding tert-OH is 1. The van der Waals surface area contributed by atoms with Crippen molar-refractivity contribution in [3.8, 4) is 0 Å². The van der Waals surface area contributed by atoms with Gasteiger partial charge in [-0.25, -0.2) is 5.48 Å². The van der Waals surface area contributed by atoms with Gasteiger partial charge < -0.3 is 24.8 Å². The first-order valence-corrected chi connectivity index (χ1v) is 14.6. The van der Waals surface area contributed by atoms with Gasteiger partial charge in [0.2, 0.25) is 11.8 Å². The number of nitrogens with one attached hydrogen (secondary N) is 2. The molecule has 40 heavy (non-hydrogen) atoms. The normalized spacial score (nSPS) is 22.2. The topological polar surface area (TPSA) is 120 Å². The Morgan fingerprint density at radius 1 is 0.825 bits per heavy atom. The molecule has 4 N–H and O–H groups in total. The van der Waals surface area contributed by atoms with Crippen LogP contribution in [0.3, 0.4) is 0 Å². The quantitative estimate of drug-likeness (QED) is 0.176. The van der Waals surface area contributed by atoms with Crippen molar-refractivity contribution >= 4 is 17.5 Å². The maximum Gasteiger partial charge on any atom is 0.243 e. The standard InChI is InChI=1S/C31H43N3O6/c35-22-23-10-12-24(13-11-23)28-20-27(21-34-18-6-2-1-3-7-19-34)39-31(40-28)25-14-16-26(17-15-25)32-29(36)8-4-5-9-30(37)33-38/h10-17,27-28,31,35,38H,1-9,18-22H2,(H,32,36)(H,33,37). The van der Waals surface area contributed by atoms with Crippen LogP contribution in [0.2, 0.25) is 0 Å². The molecule has 0 aromatic heterocycles. The predicted octanol–water partition coefficient (Wildman–Crippen LogP) is 4.99. The summed E-state index contributed by atoms with van der Waals surface area (Å²) in [5.74, 6) is -0.571. The van der Waals surface area contributed by atoms with Crippen LogP contribution in [0.4, 0.5) is 5.69 Å². The number of ether oxygens (including phenoxy) is 2. The van der Waals surface area contributed by atoms with Crippen LogP contribution in [0.1, 0.15) is 93.3 Å². The van der Waals surface area contributed by atoms with Crippen molar-refractivity contribution in [2.75, 3.05) is 25.0 Å². The number of carbonyl (C=O) groups is 2. The molecule has 0 spiro atoms. The molecular formula is C31H43N3O6. The van der Waals surface area contributed by atoms with E-state index in [4.69, 9.17) is 14.7 Å². The Kier molecular flexibility index (Phi) is 11.9. The van der Waals surface area contributed by atoms with E-state index < -0.39 is 12.2 Å². The van der Waals surface area contributed by atoms with Gasteiger partial charge in [-0.05, 0) is 62.0 Å². The Bertz CT molecular complexity index is 1050. The molecule has 3 unspecified atom stereocenters. The summed E-state index contributed by atoms with van der Waals surface area (Å²) in [5.41, 5.74) is 5.12.